The van der Waals surface area contributed by atoms with Crippen molar-refractivity contribution in [2.45, 2.75) is 51.7 Å². The maximum Gasteiger partial charge on any atom is 0.246 e. The van der Waals surface area contributed by atoms with Gasteiger partial charge in [-0.1, -0.05) is 26.3 Å². The van der Waals surface area contributed by atoms with Gasteiger partial charge in [0.1, 0.15) is 11.8 Å². The molecule has 4 heteroatoms. The van der Waals surface area contributed by atoms with E-state index in [1.165, 1.54) is 12.8 Å². The minimum Gasteiger partial charge on any atom is -0.490 e. The second-order valence-corrected chi connectivity index (χ2v) is 6.24. The van der Waals surface area contributed by atoms with Crippen LogP contribution < -0.4 is 15.4 Å². The van der Waals surface area contributed by atoms with Gasteiger partial charge in [-0.2, -0.15) is 0 Å². The quantitative estimate of drug-likeness (QED) is 0.894. The van der Waals surface area contributed by atoms with Crippen LogP contribution in [0.25, 0.3) is 0 Å². The van der Waals surface area contributed by atoms with E-state index in [-0.39, 0.29) is 11.9 Å². The molecular weight excluding hydrogens is 264 g/mol. The van der Waals surface area contributed by atoms with Crippen molar-refractivity contribution >= 4 is 11.6 Å². The molecule has 0 radical (unpaired) electrons. The van der Waals surface area contributed by atoms with Gasteiger partial charge >= 0.3 is 0 Å². The summed E-state index contributed by atoms with van der Waals surface area (Å²) in [6.45, 7) is 5.07. The average Bonchev–Trinajstić information content (AvgIpc) is 2.75. The van der Waals surface area contributed by atoms with Gasteiger partial charge in [0.25, 0.3) is 0 Å². The molecule has 1 aliphatic carbocycles. The summed E-state index contributed by atoms with van der Waals surface area (Å²) in [6, 6.07) is 5.73. The van der Waals surface area contributed by atoms with E-state index in [0.717, 1.165) is 42.3 Å². The molecule has 1 fully saturated rings. The van der Waals surface area contributed by atoms with Crippen molar-refractivity contribution in [1.82, 2.24) is 5.32 Å². The Bertz CT molecular complexity index is 530. The average molecular weight is 288 g/mol. The number of carbonyl (C=O) groups is 1. The van der Waals surface area contributed by atoms with Crippen molar-refractivity contribution in [2.75, 3.05) is 11.9 Å². The fraction of sp³-hybridized carbons (Fsp3) is 0.588. The molecule has 0 bridgehead atoms. The standard InChI is InChI=1S/C17H24N2O2/c1-3-18-16-14-8-7-13(10-15(14)19-17(16)20)21-12-6-4-5-11(2)9-12/h7-8,10-12,16,18H,3-6,9H2,1-2H3,(H,19,20). The summed E-state index contributed by atoms with van der Waals surface area (Å²) in [5.41, 5.74) is 1.90. The second-order valence-electron chi connectivity index (χ2n) is 6.24. The van der Waals surface area contributed by atoms with Crippen LogP contribution in [-0.2, 0) is 4.79 Å². The van der Waals surface area contributed by atoms with E-state index in [0.29, 0.717) is 6.10 Å². The van der Waals surface area contributed by atoms with Gasteiger partial charge in [-0.25, -0.2) is 0 Å². The number of nitrogens with one attached hydrogen (secondary N) is 2. The second kappa shape index (κ2) is 6.06. The molecule has 1 amide bonds. The predicted molar refractivity (Wildman–Crippen MR) is 83.5 cm³/mol. The fourth-order valence-corrected chi connectivity index (χ4v) is 3.40. The zero-order chi connectivity index (χ0) is 14.8. The van der Waals surface area contributed by atoms with E-state index in [1.54, 1.807) is 0 Å². The van der Waals surface area contributed by atoms with Crippen molar-refractivity contribution in [2.24, 2.45) is 5.92 Å². The lowest BCUT2D eigenvalue weighted by Crippen LogP contribution is -2.27. The fourth-order valence-electron chi connectivity index (χ4n) is 3.40. The number of rotatable bonds is 4. The normalized spacial score (nSPS) is 28.1. The van der Waals surface area contributed by atoms with Crippen LogP contribution in [0.15, 0.2) is 18.2 Å². The molecule has 114 valence electrons. The van der Waals surface area contributed by atoms with Crippen LogP contribution in [0.1, 0.15) is 51.1 Å². The summed E-state index contributed by atoms with van der Waals surface area (Å²) in [5, 5.41) is 6.14. The Morgan fingerprint density at radius 3 is 3.00 bits per heavy atom. The summed E-state index contributed by atoms with van der Waals surface area (Å²) in [7, 11) is 0. The van der Waals surface area contributed by atoms with Crippen molar-refractivity contribution < 1.29 is 9.53 Å². The largest absolute Gasteiger partial charge is 0.490 e. The first-order valence-corrected chi connectivity index (χ1v) is 8.02. The van der Waals surface area contributed by atoms with Crippen molar-refractivity contribution in [3.05, 3.63) is 23.8 Å². The first-order chi connectivity index (χ1) is 10.2. The van der Waals surface area contributed by atoms with Gasteiger partial charge in [-0.3, -0.25) is 4.79 Å². The van der Waals surface area contributed by atoms with Gasteiger partial charge in [0.2, 0.25) is 5.91 Å². The smallest absolute Gasteiger partial charge is 0.246 e. The SMILES string of the molecule is CCNC1C(=O)Nc2cc(OC3CCCC(C)C3)ccc21. The van der Waals surface area contributed by atoms with Gasteiger partial charge in [-0.15, -0.1) is 0 Å². The van der Waals surface area contributed by atoms with E-state index in [1.807, 2.05) is 25.1 Å². The van der Waals surface area contributed by atoms with E-state index < -0.39 is 0 Å². The lowest BCUT2D eigenvalue weighted by atomic mass is 9.89. The summed E-state index contributed by atoms with van der Waals surface area (Å²) < 4.78 is 6.11. The molecule has 3 rings (SSSR count). The van der Waals surface area contributed by atoms with Gasteiger partial charge in [-0.05, 0) is 37.8 Å². The zero-order valence-corrected chi connectivity index (χ0v) is 12.8. The molecule has 0 aromatic heterocycles. The maximum atomic E-state index is 12.0. The van der Waals surface area contributed by atoms with E-state index in [4.69, 9.17) is 4.74 Å². The molecule has 21 heavy (non-hydrogen) atoms. The van der Waals surface area contributed by atoms with Gasteiger partial charge in [0, 0.05) is 17.3 Å². The Morgan fingerprint density at radius 2 is 2.24 bits per heavy atom. The number of anilines is 1. The van der Waals surface area contributed by atoms with Crippen LogP contribution in [0.3, 0.4) is 0 Å². The molecule has 1 aromatic carbocycles. The maximum absolute atomic E-state index is 12.0. The summed E-state index contributed by atoms with van der Waals surface area (Å²) in [5.74, 6) is 1.64. The van der Waals surface area contributed by atoms with E-state index >= 15 is 0 Å². The number of hydrogen-bond acceptors (Lipinski definition) is 3. The summed E-state index contributed by atoms with van der Waals surface area (Å²) >= 11 is 0. The third-order valence-corrected chi connectivity index (χ3v) is 4.46. The molecule has 1 aliphatic heterocycles. The molecule has 1 saturated carbocycles. The Balaban J connectivity index is 1.72. The predicted octanol–water partition coefficient (Wildman–Crippen LogP) is 3.25. The highest BCUT2D eigenvalue weighted by Crippen LogP contribution is 2.35. The highest BCUT2D eigenvalue weighted by atomic mass is 16.5. The number of amides is 1. The Morgan fingerprint density at radius 1 is 1.38 bits per heavy atom. The molecule has 2 N–H and O–H groups in total. The van der Waals surface area contributed by atoms with Gasteiger partial charge < -0.3 is 15.4 Å². The molecule has 4 nitrogen and oxygen atoms in total. The molecule has 1 heterocycles. The minimum atomic E-state index is -0.228. The number of carbonyl (C=O) groups excluding carboxylic acids is 1. The van der Waals surface area contributed by atoms with E-state index in [2.05, 4.69) is 17.6 Å². The highest BCUT2D eigenvalue weighted by molar-refractivity contribution is 6.02. The van der Waals surface area contributed by atoms with Crippen LogP contribution >= 0.6 is 0 Å². The number of fused-ring (bicyclic) bond motifs is 1. The van der Waals surface area contributed by atoms with Crippen LogP contribution in [0.4, 0.5) is 5.69 Å². The third-order valence-electron chi connectivity index (χ3n) is 4.46. The molecule has 0 saturated heterocycles. The zero-order valence-electron chi connectivity index (χ0n) is 12.8. The molecule has 1 aromatic rings. The lowest BCUT2D eigenvalue weighted by Gasteiger charge is -2.27. The van der Waals surface area contributed by atoms with Gasteiger partial charge in [0.05, 0.1) is 6.10 Å². The Hall–Kier alpha value is -1.55. The van der Waals surface area contributed by atoms with Crippen molar-refractivity contribution in [1.29, 1.82) is 0 Å². The van der Waals surface area contributed by atoms with Gasteiger partial charge in [0.15, 0.2) is 0 Å². The van der Waals surface area contributed by atoms with E-state index in [9.17, 15) is 4.79 Å². The first-order valence-electron chi connectivity index (χ1n) is 8.02. The van der Waals surface area contributed by atoms with Crippen molar-refractivity contribution in [3.8, 4) is 5.75 Å². The summed E-state index contributed by atoms with van der Waals surface area (Å²) in [6.07, 6.45) is 5.13. The molecule has 2 aliphatic rings. The number of ether oxygens (including phenoxy) is 1. The number of benzene rings is 1. The first kappa shape index (κ1) is 14.4. The minimum absolute atomic E-state index is 0.0234. The van der Waals surface area contributed by atoms with Crippen molar-refractivity contribution in [3.63, 3.8) is 0 Å². The molecular formula is C17H24N2O2. The Kier molecular flexibility index (Phi) is 4.15. The van der Waals surface area contributed by atoms with Crippen LogP contribution in [-0.4, -0.2) is 18.6 Å². The molecule has 3 atom stereocenters. The van der Waals surface area contributed by atoms with Crippen LogP contribution in [0.5, 0.6) is 5.75 Å². The summed E-state index contributed by atoms with van der Waals surface area (Å²) in [4.78, 5) is 12.0. The lowest BCUT2D eigenvalue weighted by molar-refractivity contribution is -0.117. The Labute approximate surface area is 126 Å². The number of hydrogen-bond donors (Lipinski definition) is 2. The molecule has 3 unspecified atom stereocenters. The topological polar surface area (TPSA) is 50.4 Å². The molecule has 0 spiro atoms. The van der Waals surface area contributed by atoms with Crippen LogP contribution in [0.2, 0.25) is 0 Å². The highest BCUT2D eigenvalue weighted by Gasteiger charge is 2.30. The van der Waals surface area contributed by atoms with Crippen LogP contribution in [0, 0.1) is 5.92 Å². The monoisotopic (exact) mass is 288 g/mol. The number of likely N-dealkylation sites (N-methyl/N-ethyl adjacent to an activating group) is 1. The third kappa shape index (κ3) is 3.05.